The van der Waals surface area contributed by atoms with Crippen LogP contribution in [-0.2, 0) is 16.1 Å². The van der Waals surface area contributed by atoms with Crippen LogP contribution in [-0.4, -0.2) is 22.4 Å². The Morgan fingerprint density at radius 3 is 2.84 bits per heavy atom. The van der Waals surface area contributed by atoms with Crippen LogP contribution in [0.3, 0.4) is 0 Å². The van der Waals surface area contributed by atoms with Gasteiger partial charge in [-0.05, 0) is 23.1 Å². The molecule has 1 aromatic carbocycles. The average Bonchev–Trinajstić information content (AvgIpc) is 3.27. The number of aromatic nitrogens is 2. The van der Waals surface area contributed by atoms with E-state index in [1.165, 1.54) is 11.3 Å². The Hall–Kier alpha value is -2.93. The van der Waals surface area contributed by atoms with Crippen molar-refractivity contribution >= 4 is 23.4 Å². The molecule has 25 heavy (non-hydrogen) atoms. The fraction of sp³-hybridized carbons (Fsp3) is 0.167. The summed E-state index contributed by atoms with van der Waals surface area (Å²) in [7, 11) is 0. The standard InChI is InChI=1S/C18H16N2O4S/c21-16(23-12-4-8-14-6-2-1-3-7-14)10-11-20-18(22)24-17(19-20)15-9-5-13-25-15/h1-9,13H,10-12H2/b8-4-. The van der Waals surface area contributed by atoms with Crippen LogP contribution in [0.25, 0.3) is 16.8 Å². The van der Waals surface area contributed by atoms with E-state index in [4.69, 9.17) is 9.15 Å². The van der Waals surface area contributed by atoms with Gasteiger partial charge in [0.25, 0.3) is 5.89 Å². The van der Waals surface area contributed by atoms with Crippen molar-refractivity contribution in [2.24, 2.45) is 0 Å². The van der Waals surface area contributed by atoms with Crippen molar-refractivity contribution in [3.63, 3.8) is 0 Å². The molecule has 0 saturated heterocycles. The molecule has 0 saturated carbocycles. The van der Waals surface area contributed by atoms with Gasteiger partial charge in [-0.2, -0.15) is 4.68 Å². The zero-order chi connectivity index (χ0) is 17.5. The average molecular weight is 356 g/mol. The van der Waals surface area contributed by atoms with Crippen LogP contribution in [0.1, 0.15) is 12.0 Å². The number of hydrogen-bond donors (Lipinski definition) is 0. The Kier molecular flexibility index (Phi) is 5.58. The van der Waals surface area contributed by atoms with E-state index in [-0.39, 0.29) is 25.5 Å². The monoisotopic (exact) mass is 356 g/mol. The summed E-state index contributed by atoms with van der Waals surface area (Å²) in [5.41, 5.74) is 1.04. The molecule has 0 radical (unpaired) electrons. The van der Waals surface area contributed by atoms with Crippen molar-refractivity contribution in [2.45, 2.75) is 13.0 Å². The molecular formula is C18H16N2O4S. The van der Waals surface area contributed by atoms with Crippen molar-refractivity contribution in [1.29, 1.82) is 0 Å². The van der Waals surface area contributed by atoms with Crippen LogP contribution in [0.4, 0.5) is 0 Å². The third-order valence-electron chi connectivity index (χ3n) is 3.32. The number of hydrogen-bond acceptors (Lipinski definition) is 6. The first-order valence-electron chi connectivity index (χ1n) is 7.71. The lowest BCUT2D eigenvalue weighted by molar-refractivity contribution is -0.142. The summed E-state index contributed by atoms with van der Waals surface area (Å²) in [5.74, 6) is -0.718. The molecule has 0 aliphatic rings. The van der Waals surface area contributed by atoms with Crippen molar-refractivity contribution in [3.05, 3.63) is 70.0 Å². The molecule has 0 bridgehead atoms. The minimum absolute atomic E-state index is 0.0511. The first-order chi connectivity index (χ1) is 12.2. The maximum atomic E-state index is 11.7. The summed E-state index contributed by atoms with van der Waals surface area (Å²) in [6, 6.07) is 13.4. The van der Waals surface area contributed by atoms with Crippen LogP contribution < -0.4 is 5.76 Å². The lowest BCUT2D eigenvalue weighted by Gasteiger charge is -2.01. The van der Waals surface area contributed by atoms with E-state index in [2.05, 4.69) is 5.10 Å². The quantitative estimate of drug-likeness (QED) is 0.608. The molecule has 7 heteroatoms. The van der Waals surface area contributed by atoms with Gasteiger partial charge >= 0.3 is 11.7 Å². The van der Waals surface area contributed by atoms with Crippen molar-refractivity contribution in [3.8, 4) is 10.8 Å². The molecule has 128 valence electrons. The highest BCUT2D eigenvalue weighted by molar-refractivity contribution is 7.13. The Bertz CT molecular complexity index is 895. The molecule has 0 amide bonds. The molecule has 3 rings (SSSR count). The highest BCUT2D eigenvalue weighted by Crippen LogP contribution is 2.21. The van der Waals surface area contributed by atoms with Gasteiger partial charge in [0.15, 0.2) is 0 Å². The summed E-state index contributed by atoms with van der Waals surface area (Å²) in [6.45, 7) is 0.302. The summed E-state index contributed by atoms with van der Waals surface area (Å²) in [5, 5.41) is 5.96. The number of esters is 1. The molecule has 0 spiro atoms. The van der Waals surface area contributed by atoms with Crippen LogP contribution >= 0.6 is 11.3 Å². The van der Waals surface area contributed by atoms with Gasteiger partial charge in [0.05, 0.1) is 17.8 Å². The second-order valence-electron chi connectivity index (χ2n) is 5.12. The zero-order valence-electron chi connectivity index (χ0n) is 13.3. The summed E-state index contributed by atoms with van der Waals surface area (Å²) in [4.78, 5) is 24.3. The Morgan fingerprint density at radius 2 is 2.08 bits per heavy atom. The normalized spacial score (nSPS) is 11.0. The van der Waals surface area contributed by atoms with Gasteiger partial charge < -0.3 is 9.15 Å². The van der Waals surface area contributed by atoms with Crippen LogP contribution in [0.2, 0.25) is 0 Å². The molecule has 0 aliphatic carbocycles. The zero-order valence-corrected chi connectivity index (χ0v) is 14.1. The van der Waals surface area contributed by atoms with Crippen LogP contribution in [0, 0.1) is 0 Å². The number of thiophene rings is 1. The van der Waals surface area contributed by atoms with Gasteiger partial charge in [-0.3, -0.25) is 4.79 Å². The molecule has 0 aliphatic heterocycles. The van der Waals surface area contributed by atoms with E-state index in [0.717, 1.165) is 15.1 Å². The lowest BCUT2D eigenvalue weighted by Crippen LogP contribution is -2.18. The third-order valence-corrected chi connectivity index (χ3v) is 4.17. The number of benzene rings is 1. The Labute approximate surface area is 148 Å². The van der Waals surface area contributed by atoms with E-state index in [1.54, 1.807) is 6.08 Å². The van der Waals surface area contributed by atoms with Crippen LogP contribution in [0.15, 0.2) is 63.1 Å². The molecule has 6 nitrogen and oxygen atoms in total. The van der Waals surface area contributed by atoms with E-state index in [1.807, 2.05) is 53.9 Å². The van der Waals surface area contributed by atoms with Gasteiger partial charge in [0.2, 0.25) is 0 Å². The number of nitrogens with zero attached hydrogens (tertiary/aromatic N) is 2. The second-order valence-corrected chi connectivity index (χ2v) is 6.07. The largest absolute Gasteiger partial charge is 0.461 e. The highest BCUT2D eigenvalue weighted by atomic mass is 32.1. The lowest BCUT2D eigenvalue weighted by atomic mass is 10.2. The maximum Gasteiger partial charge on any atom is 0.437 e. The molecule has 0 unspecified atom stereocenters. The molecule has 2 heterocycles. The minimum Gasteiger partial charge on any atom is -0.461 e. The predicted molar refractivity (Wildman–Crippen MR) is 95.1 cm³/mol. The van der Waals surface area contributed by atoms with Crippen molar-refractivity contribution in [1.82, 2.24) is 9.78 Å². The molecule has 0 atom stereocenters. The number of aryl methyl sites for hydroxylation is 1. The first-order valence-corrected chi connectivity index (χ1v) is 8.59. The number of ether oxygens (including phenoxy) is 1. The third kappa shape index (κ3) is 4.77. The smallest absolute Gasteiger partial charge is 0.437 e. The van der Waals surface area contributed by atoms with Gasteiger partial charge in [-0.25, -0.2) is 4.79 Å². The SMILES string of the molecule is O=C(CCn1nc(-c2cccs2)oc1=O)OC/C=C\c1ccccc1. The number of carbonyl (C=O) groups is 1. The van der Waals surface area contributed by atoms with E-state index < -0.39 is 11.7 Å². The second kappa shape index (κ2) is 8.25. The summed E-state index contributed by atoms with van der Waals surface area (Å²) in [6.07, 6.45) is 3.70. The molecular weight excluding hydrogens is 340 g/mol. The Morgan fingerprint density at radius 1 is 1.24 bits per heavy atom. The van der Waals surface area contributed by atoms with Gasteiger partial charge in [0.1, 0.15) is 6.61 Å². The predicted octanol–water partition coefficient (Wildman–Crippen LogP) is 3.21. The Balaban J connectivity index is 1.46. The number of carbonyl (C=O) groups excluding carboxylic acids is 1. The molecule has 2 aromatic heterocycles. The topological polar surface area (TPSA) is 74.3 Å². The van der Waals surface area contributed by atoms with Crippen molar-refractivity contribution in [2.75, 3.05) is 6.61 Å². The fourth-order valence-corrected chi connectivity index (χ4v) is 2.75. The molecule has 0 N–H and O–H groups in total. The molecule has 3 aromatic rings. The van der Waals surface area contributed by atoms with E-state index in [9.17, 15) is 9.59 Å². The highest BCUT2D eigenvalue weighted by Gasteiger charge is 2.12. The fourth-order valence-electron chi connectivity index (χ4n) is 2.11. The first kappa shape index (κ1) is 16.9. The van der Waals surface area contributed by atoms with Crippen molar-refractivity contribution < 1.29 is 13.9 Å². The maximum absolute atomic E-state index is 11.7. The van der Waals surface area contributed by atoms with Crippen LogP contribution in [0.5, 0.6) is 0 Å². The van der Waals surface area contributed by atoms with Gasteiger partial charge in [-0.15, -0.1) is 16.4 Å². The van der Waals surface area contributed by atoms with Gasteiger partial charge in [-0.1, -0.05) is 42.5 Å². The number of rotatable bonds is 7. The van der Waals surface area contributed by atoms with E-state index in [0.29, 0.717) is 0 Å². The van der Waals surface area contributed by atoms with Gasteiger partial charge in [0, 0.05) is 0 Å². The van der Waals surface area contributed by atoms with E-state index >= 15 is 0 Å². The molecule has 0 fully saturated rings. The summed E-state index contributed by atoms with van der Waals surface area (Å²) < 4.78 is 11.3. The summed E-state index contributed by atoms with van der Waals surface area (Å²) >= 11 is 1.43. The minimum atomic E-state index is -0.583.